The summed E-state index contributed by atoms with van der Waals surface area (Å²) in [4.78, 5) is 13.0. The van der Waals surface area contributed by atoms with E-state index in [9.17, 15) is 4.79 Å². The second-order valence-electron chi connectivity index (χ2n) is 5.33. The zero-order valence-corrected chi connectivity index (χ0v) is 11.8. The van der Waals surface area contributed by atoms with Crippen LogP contribution in [0.15, 0.2) is 17.1 Å². The molecule has 8 heteroatoms. The van der Waals surface area contributed by atoms with Gasteiger partial charge >= 0.3 is 0 Å². The van der Waals surface area contributed by atoms with Gasteiger partial charge in [0.2, 0.25) is 11.1 Å². The topological polar surface area (TPSA) is 73.1 Å². The average molecular weight is 281 g/mol. The number of ether oxygens (including phenoxy) is 1. The molecule has 19 heavy (non-hydrogen) atoms. The van der Waals surface area contributed by atoms with Gasteiger partial charge in [-0.2, -0.15) is 0 Å². The van der Waals surface area contributed by atoms with Crippen LogP contribution in [0.1, 0.15) is 20.3 Å². The van der Waals surface area contributed by atoms with E-state index in [1.165, 1.54) is 0 Å². The maximum Gasteiger partial charge on any atom is 0.235 e. The monoisotopic (exact) mass is 281 g/mol. The third-order valence-electron chi connectivity index (χ3n) is 3.28. The van der Waals surface area contributed by atoms with Crippen molar-refractivity contribution in [2.45, 2.75) is 31.7 Å². The van der Waals surface area contributed by atoms with Crippen LogP contribution in [0.3, 0.4) is 0 Å². The highest BCUT2D eigenvalue weighted by molar-refractivity contribution is 7.99. The van der Waals surface area contributed by atoms with Gasteiger partial charge in [-0.05, 0) is 10.4 Å². The van der Waals surface area contributed by atoms with E-state index in [1.807, 2.05) is 13.2 Å². The van der Waals surface area contributed by atoms with E-state index in [1.54, 1.807) is 21.3 Å². The molecule has 0 saturated carbocycles. The first-order valence-corrected chi connectivity index (χ1v) is 7.01. The van der Waals surface area contributed by atoms with Gasteiger partial charge in [0, 0.05) is 24.4 Å². The fourth-order valence-electron chi connectivity index (χ4n) is 1.95. The molecule has 102 valence electrons. The Morgan fingerprint density at radius 3 is 2.95 bits per heavy atom. The van der Waals surface area contributed by atoms with Crippen molar-refractivity contribution < 1.29 is 9.53 Å². The van der Waals surface area contributed by atoms with Crippen LogP contribution in [0.25, 0.3) is 0 Å². The quantitative estimate of drug-likeness (QED) is 0.599. The Bertz CT molecular complexity index is 553. The van der Waals surface area contributed by atoms with E-state index in [4.69, 9.17) is 4.74 Å². The number of β-lactam (4-membered cyclic amide) rings is 1. The number of carbonyl (C=O) groups excluding carboxylic acids is 1. The Morgan fingerprint density at radius 1 is 1.58 bits per heavy atom. The van der Waals surface area contributed by atoms with Gasteiger partial charge in [0.05, 0.1) is 6.42 Å². The van der Waals surface area contributed by atoms with E-state index in [2.05, 4.69) is 29.4 Å². The molecule has 1 aromatic heterocycles. The van der Waals surface area contributed by atoms with Crippen molar-refractivity contribution in [2.75, 3.05) is 5.75 Å². The van der Waals surface area contributed by atoms with Crippen LogP contribution in [-0.2, 0) is 16.6 Å². The Balaban J connectivity index is 1.66. The number of allylic oxidation sites excluding steroid dienone is 1. The highest BCUT2D eigenvalue weighted by atomic mass is 32.2. The molecular weight excluding hydrogens is 266 g/mol. The minimum absolute atomic E-state index is 0.0803. The van der Waals surface area contributed by atoms with Crippen LogP contribution in [0, 0.1) is 5.41 Å². The van der Waals surface area contributed by atoms with E-state index < -0.39 is 0 Å². The smallest absolute Gasteiger partial charge is 0.235 e. The lowest BCUT2D eigenvalue weighted by atomic mass is 9.94. The Kier molecular flexibility index (Phi) is 2.77. The summed E-state index contributed by atoms with van der Waals surface area (Å²) < 4.78 is 7.43. The highest BCUT2D eigenvalue weighted by Gasteiger charge is 2.45. The molecule has 1 fully saturated rings. The predicted octanol–water partition coefficient (Wildman–Crippen LogP) is 0.758. The average Bonchev–Trinajstić information content (AvgIpc) is 2.90. The number of hydrogen-bond acceptors (Lipinski definition) is 6. The van der Waals surface area contributed by atoms with Crippen molar-refractivity contribution in [3.8, 4) is 0 Å². The normalized spacial score (nSPS) is 21.8. The summed E-state index contributed by atoms with van der Waals surface area (Å²) in [6.45, 7) is 4.18. The third kappa shape index (κ3) is 2.09. The molecular formula is C11H15N5O2S. The third-order valence-corrected chi connectivity index (χ3v) is 4.75. The largest absolute Gasteiger partial charge is 0.472 e. The van der Waals surface area contributed by atoms with Crippen LogP contribution in [-0.4, -0.2) is 43.0 Å². The van der Waals surface area contributed by atoms with Gasteiger partial charge in [0.1, 0.15) is 5.76 Å². The molecule has 1 atom stereocenters. The van der Waals surface area contributed by atoms with Gasteiger partial charge in [-0.15, -0.1) is 5.10 Å². The molecule has 2 aliphatic rings. The van der Waals surface area contributed by atoms with Gasteiger partial charge in [0.15, 0.2) is 6.23 Å². The number of aromatic nitrogens is 4. The number of thioether (sulfide) groups is 1. The van der Waals surface area contributed by atoms with Crippen molar-refractivity contribution in [3.63, 3.8) is 0 Å². The lowest BCUT2D eigenvalue weighted by molar-refractivity contribution is -0.154. The zero-order valence-electron chi connectivity index (χ0n) is 11.0. The van der Waals surface area contributed by atoms with E-state index in [0.717, 1.165) is 16.7 Å². The molecule has 0 bridgehead atoms. The van der Waals surface area contributed by atoms with E-state index in [-0.39, 0.29) is 17.6 Å². The molecule has 7 nitrogen and oxygen atoms in total. The van der Waals surface area contributed by atoms with Crippen molar-refractivity contribution in [1.29, 1.82) is 0 Å². The molecule has 0 aromatic carbocycles. The Morgan fingerprint density at radius 2 is 2.37 bits per heavy atom. The summed E-state index contributed by atoms with van der Waals surface area (Å²) >= 11 is 1.57. The molecule has 0 spiro atoms. The van der Waals surface area contributed by atoms with Gasteiger partial charge in [-0.3, -0.25) is 9.69 Å². The second kappa shape index (κ2) is 4.22. The summed E-state index contributed by atoms with van der Waals surface area (Å²) in [6, 6.07) is 0. The number of rotatable bonds is 4. The van der Waals surface area contributed by atoms with Crippen LogP contribution < -0.4 is 0 Å². The van der Waals surface area contributed by atoms with Crippen molar-refractivity contribution in [2.24, 2.45) is 12.5 Å². The van der Waals surface area contributed by atoms with Crippen molar-refractivity contribution in [1.82, 2.24) is 25.1 Å². The number of amides is 1. The summed E-state index contributed by atoms with van der Waals surface area (Å²) in [5.74, 6) is 1.76. The minimum Gasteiger partial charge on any atom is -0.472 e. The molecule has 3 heterocycles. The molecule has 2 aliphatic heterocycles. The molecule has 1 aromatic rings. The molecule has 0 radical (unpaired) electrons. The Labute approximate surface area is 115 Å². The first-order valence-electron chi connectivity index (χ1n) is 6.03. The maximum absolute atomic E-state index is 11.3. The van der Waals surface area contributed by atoms with Crippen LogP contribution >= 0.6 is 11.8 Å². The van der Waals surface area contributed by atoms with Crippen molar-refractivity contribution >= 4 is 17.7 Å². The fraction of sp³-hybridized carbons (Fsp3) is 0.636. The SMILES string of the molecule is Cn1nnnc1SCC(C)(C)C1=CN2C(=O)CC2O1. The lowest BCUT2D eigenvalue weighted by Crippen LogP contribution is -2.47. The van der Waals surface area contributed by atoms with Gasteiger partial charge in [-0.25, -0.2) is 4.68 Å². The maximum atomic E-state index is 11.3. The van der Waals surface area contributed by atoms with Gasteiger partial charge < -0.3 is 4.74 Å². The van der Waals surface area contributed by atoms with Gasteiger partial charge in [-0.1, -0.05) is 25.6 Å². The van der Waals surface area contributed by atoms with E-state index >= 15 is 0 Å². The summed E-state index contributed by atoms with van der Waals surface area (Å²) in [5, 5.41) is 12.1. The van der Waals surface area contributed by atoms with Crippen LogP contribution in [0.4, 0.5) is 0 Å². The minimum atomic E-state index is -0.172. The first-order chi connectivity index (χ1) is 8.97. The van der Waals surface area contributed by atoms with Crippen molar-refractivity contribution in [3.05, 3.63) is 12.0 Å². The number of nitrogens with zero attached hydrogens (tertiary/aromatic N) is 5. The van der Waals surface area contributed by atoms with E-state index in [0.29, 0.717) is 6.42 Å². The standard InChI is InChI=1S/C11H15N5O2S/c1-11(2,6-19-10-12-13-14-15(10)3)7-5-16-8(17)4-9(16)18-7/h5,9H,4,6H2,1-3H3. The molecule has 1 amide bonds. The predicted molar refractivity (Wildman–Crippen MR) is 67.7 cm³/mol. The molecule has 1 unspecified atom stereocenters. The number of tetrazole rings is 1. The number of fused-ring (bicyclic) bond motifs is 1. The number of aryl methyl sites for hydroxylation is 1. The molecule has 0 N–H and O–H groups in total. The molecule has 1 saturated heterocycles. The molecule has 3 rings (SSSR count). The number of carbonyl (C=O) groups is 1. The summed E-state index contributed by atoms with van der Waals surface area (Å²) in [7, 11) is 1.81. The second-order valence-corrected chi connectivity index (χ2v) is 6.27. The fourth-order valence-corrected chi connectivity index (χ4v) is 2.90. The molecule has 0 aliphatic carbocycles. The van der Waals surface area contributed by atoms with Gasteiger partial charge in [0.25, 0.3) is 0 Å². The summed E-state index contributed by atoms with van der Waals surface area (Å²) in [5.41, 5.74) is -0.172. The zero-order chi connectivity index (χ0) is 13.6. The number of hydrogen-bond donors (Lipinski definition) is 0. The highest BCUT2D eigenvalue weighted by Crippen LogP contribution is 2.41. The first kappa shape index (κ1) is 12.5. The van der Waals surface area contributed by atoms with Crippen LogP contribution in [0.2, 0.25) is 0 Å². The Hall–Kier alpha value is -1.57. The van der Waals surface area contributed by atoms with Crippen LogP contribution in [0.5, 0.6) is 0 Å². The lowest BCUT2D eigenvalue weighted by Gasteiger charge is -2.32. The summed E-state index contributed by atoms with van der Waals surface area (Å²) in [6.07, 6.45) is 2.23.